The van der Waals surface area contributed by atoms with E-state index in [0.717, 1.165) is 31.6 Å². The van der Waals surface area contributed by atoms with Crippen molar-refractivity contribution < 1.29 is 4.74 Å². The fourth-order valence-corrected chi connectivity index (χ4v) is 2.04. The fraction of sp³-hybridized carbons (Fsp3) is 0.600. The van der Waals surface area contributed by atoms with Crippen LogP contribution < -0.4 is 10.5 Å². The van der Waals surface area contributed by atoms with E-state index in [2.05, 4.69) is 39.0 Å². The van der Waals surface area contributed by atoms with Gasteiger partial charge < -0.3 is 10.5 Å². The molecule has 0 aliphatic heterocycles. The molecule has 2 N–H and O–H groups in total. The lowest BCUT2D eigenvalue weighted by Gasteiger charge is -2.19. The van der Waals surface area contributed by atoms with Crippen molar-refractivity contribution in [3.05, 3.63) is 29.3 Å². The van der Waals surface area contributed by atoms with Crippen molar-refractivity contribution in [3.8, 4) is 5.75 Å². The number of methoxy groups -OCH3 is 1. The fourth-order valence-electron chi connectivity index (χ4n) is 2.04. The second-order valence-electron chi connectivity index (χ2n) is 5.78. The van der Waals surface area contributed by atoms with Crippen molar-refractivity contribution >= 4 is 0 Å². The largest absolute Gasteiger partial charge is 0.496 e. The molecule has 2 heteroatoms. The second-order valence-corrected chi connectivity index (χ2v) is 5.78. The molecule has 0 heterocycles. The van der Waals surface area contributed by atoms with Gasteiger partial charge in [-0.15, -0.1) is 0 Å². The third kappa shape index (κ3) is 4.78. The smallest absolute Gasteiger partial charge is 0.122 e. The first-order chi connectivity index (χ1) is 7.96. The summed E-state index contributed by atoms with van der Waals surface area (Å²) in [5.41, 5.74) is 8.54. The summed E-state index contributed by atoms with van der Waals surface area (Å²) in [6.07, 6.45) is 3.10. The van der Waals surface area contributed by atoms with Crippen LogP contribution in [0.1, 0.15) is 38.3 Å². The Kier molecular flexibility index (Phi) is 5.01. The van der Waals surface area contributed by atoms with E-state index >= 15 is 0 Å². The van der Waals surface area contributed by atoms with Gasteiger partial charge in [0.1, 0.15) is 5.75 Å². The van der Waals surface area contributed by atoms with Crippen molar-refractivity contribution in [3.63, 3.8) is 0 Å². The standard InChI is InChI=1S/C15H25NO/c1-15(2,3)11-12-7-8-14(17-4)13(10-12)6-5-9-16/h7-8,10H,5-6,9,11,16H2,1-4H3. The molecule has 0 saturated heterocycles. The zero-order chi connectivity index (χ0) is 12.9. The lowest BCUT2D eigenvalue weighted by Crippen LogP contribution is -2.10. The molecule has 1 aromatic carbocycles. The van der Waals surface area contributed by atoms with Crippen molar-refractivity contribution in [2.24, 2.45) is 11.1 Å². The molecule has 17 heavy (non-hydrogen) atoms. The number of hydrogen-bond acceptors (Lipinski definition) is 2. The van der Waals surface area contributed by atoms with E-state index in [1.165, 1.54) is 11.1 Å². The van der Waals surface area contributed by atoms with E-state index in [4.69, 9.17) is 10.5 Å². The Labute approximate surface area is 105 Å². The molecule has 0 spiro atoms. The predicted molar refractivity (Wildman–Crippen MR) is 73.5 cm³/mol. The lowest BCUT2D eigenvalue weighted by molar-refractivity contribution is 0.403. The average molecular weight is 235 g/mol. The van der Waals surface area contributed by atoms with Gasteiger partial charge in [-0.05, 0) is 48.4 Å². The van der Waals surface area contributed by atoms with Crippen LogP contribution in [0.2, 0.25) is 0 Å². The molecule has 0 amide bonds. The predicted octanol–water partition coefficient (Wildman–Crippen LogP) is 3.18. The first-order valence-electron chi connectivity index (χ1n) is 6.32. The zero-order valence-corrected chi connectivity index (χ0v) is 11.5. The Hall–Kier alpha value is -1.02. The number of aryl methyl sites for hydroxylation is 1. The van der Waals surface area contributed by atoms with Gasteiger partial charge in [-0.25, -0.2) is 0 Å². The Balaban J connectivity index is 2.88. The maximum absolute atomic E-state index is 5.57. The molecule has 0 saturated carbocycles. The quantitative estimate of drug-likeness (QED) is 0.850. The molecule has 0 unspecified atom stereocenters. The van der Waals surface area contributed by atoms with Crippen LogP contribution in [0.4, 0.5) is 0 Å². The van der Waals surface area contributed by atoms with Crippen molar-refractivity contribution in [2.75, 3.05) is 13.7 Å². The van der Waals surface area contributed by atoms with Gasteiger partial charge in [-0.3, -0.25) is 0 Å². The summed E-state index contributed by atoms with van der Waals surface area (Å²) in [4.78, 5) is 0. The molecule has 1 aromatic rings. The van der Waals surface area contributed by atoms with Crippen LogP contribution in [0.3, 0.4) is 0 Å². The molecule has 0 fully saturated rings. The van der Waals surface area contributed by atoms with Crippen LogP contribution >= 0.6 is 0 Å². The molecule has 0 radical (unpaired) electrons. The molecule has 2 nitrogen and oxygen atoms in total. The highest BCUT2D eigenvalue weighted by molar-refractivity contribution is 5.37. The third-order valence-corrected chi connectivity index (χ3v) is 2.73. The highest BCUT2D eigenvalue weighted by Gasteiger charge is 2.12. The Morgan fingerprint density at radius 2 is 1.94 bits per heavy atom. The molecule has 0 aromatic heterocycles. The van der Waals surface area contributed by atoms with Crippen LogP contribution in [-0.4, -0.2) is 13.7 Å². The minimum Gasteiger partial charge on any atom is -0.496 e. The molecule has 0 aliphatic carbocycles. The normalized spacial score (nSPS) is 11.6. The summed E-state index contributed by atoms with van der Waals surface area (Å²) < 4.78 is 5.39. The van der Waals surface area contributed by atoms with Crippen LogP contribution in [0, 0.1) is 5.41 Å². The molecule has 96 valence electrons. The second kappa shape index (κ2) is 6.06. The first kappa shape index (κ1) is 14.0. The van der Waals surface area contributed by atoms with Crippen LogP contribution in [0.25, 0.3) is 0 Å². The summed E-state index contributed by atoms with van der Waals surface area (Å²) in [7, 11) is 1.73. The van der Waals surface area contributed by atoms with E-state index in [-0.39, 0.29) is 0 Å². The van der Waals surface area contributed by atoms with Gasteiger partial charge in [0.2, 0.25) is 0 Å². The van der Waals surface area contributed by atoms with Gasteiger partial charge in [0.25, 0.3) is 0 Å². The number of rotatable bonds is 5. The summed E-state index contributed by atoms with van der Waals surface area (Å²) in [5, 5.41) is 0. The summed E-state index contributed by atoms with van der Waals surface area (Å²) >= 11 is 0. The minimum atomic E-state index is 0.319. The van der Waals surface area contributed by atoms with Gasteiger partial charge >= 0.3 is 0 Å². The average Bonchev–Trinajstić information content (AvgIpc) is 2.24. The van der Waals surface area contributed by atoms with Crippen LogP contribution in [0.5, 0.6) is 5.75 Å². The third-order valence-electron chi connectivity index (χ3n) is 2.73. The van der Waals surface area contributed by atoms with E-state index in [1.54, 1.807) is 7.11 Å². The van der Waals surface area contributed by atoms with Crippen LogP contribution in [-0.2, 0) is 12.8 Å². The SMILES string of the molecule is COc1ccc(CC(C)(C)C)cc1CCCN. The highest BCUT2D eigenvalue weighted by Crippen LogP contribution is 2.26. The van der Waals surface area contributed by atoms with Gasteiger partial charge in [-0.2, -0.15) is 0 Å². The summed E-state index contributed by atoms with van der Waals surface area (Å²) in [5.74, 6) is 0.983. The highest BCUT2D eigenvalue weighted by atomic mass is 16.5. The van der Waals surface area contributed by atoms with Gasteiger partial charge in [-0.1, -0.05) is 32.9 Å². The van der Waals surface area contributed by atoms with Crippen molar-refractivity contribution in [1.29, 1.82) is 0 Å². The van der Waals surface area contributed by atoms with Crippen LogP contribution in [0.15, 0.2) is 18.2 Å². The molecule has 0 bridgehead atoms. The van der Waals surface area contributed by atoms with E-state index in [1.807, 2.05) is 0 Å². The number of benzene rings is 1. The molecule has 1 rings (SSSR count). The molecule has 0 aliphatic rings. The van der Waals surface area contributed by atoms with E-state index in [9.17, 15) is 0 Å². The van der Waals surface area contributed by atoms with E-state index in [0.29, 0.717) is 5.41 Å². The number of ether oxygens (including phenoxy) is 1. The van der Waals surface area contributed by atoms with E-state index < -0.39 is 0 Å². The topological polar surface area (TPSA) is 35.2 Å². The van der Waals surface area contributed by atoms with Crippen molar-refractivity contribution in [1.82, 2.24) is 0 Å². The summed E-state index contributed by atoms with van der Waals surface area (Å²) in [6.45, 7) is 7.51. The maximum atomic E-state index is 5.57. The first-order valence-corrected chi connectivity index (χ1v) is 6.32. The summed E-state index contributed by atoms with van der Waals surface area (Å²) in [6, 6.07) is 6.50. The van der Waals surface area contributed by atoms with Gasteiger partial charge in [0.05, 0.1) is 7.11 Å². The number of nitrogens with two attached hydrogens (primary N) is 1. The minimum absolute atomic E-state index is 0.319. The molecular formula is C15H25NO. The Morgan fingerprint density at radius 1 is 1.24 bits per heavy atom. The lowest BCUT2D eigenvalue weighted by atomic mass is 9.87. The monoisotopic (exact) mass is 235 g/mol. The number of hydrogen-bond donors (Lipinski definition) is 1. The molecule has 0 atom stereocenters. The molecular weight excluding hydrogens is 210 g/mol. The van der Waals surface area contributed by atoms with Crippen molar-refractivity contribution in [2.45, 2.75) is 40.0 Å². The van der Waals surface area contributed by atoms with Gasteiger partial charge in [0.15, 0.2) is 0 Å². The Bertz CT molecular complexity index is 352. The van der Waals surface area contributed by atoms with Gasteiger partial charge in [0, 0.05) is 0 Å². The Morgan fingerprint density at radius 3 is 2.47 bits per heavy atom. The zero-order valence-electron chi connectivity index (χ0n) is 11.5. The maximum Gasteiger partial charge on any atom is 0.122 e.